The van der Waals surface area contributed by atoms with Crippen LogP contribution in [-0.2, 0) is 4.79 Å². The third kappa shape index (κ3) is 3.52. The van der Waals surface area contributed by atoms with Gasteiger partial charge in [0.25, 0.3) is 5.91 Å². The van der Waals surface area contributed by atoms with Crippen LogP contribution in [0.4, 0.5) is 0 Å². The van der Waals surface area contributed by atoms with Gasteiger partial charge in [-0.15, -0.1) is 0 Å². The topological polar surface area (TPSA) is 58.9 Å². The Bertz CT molecular complexity index is 576. The van der Waals surface area contributed by atoms with Gasteiger partial charge in [0.2, 0.25) is 0 Å². The molecule has 3 N–H and O–H groups in total. The van der Waals surface area contributed by atoms with Crippen molar-refractivity contribution in [2.75, 3.05) is 0 Å². The third-order valence-corrected chi connectivity index (χ3v) is 3.83. The summed E-state index contributed by atoms with van der Waals surface area (Å²) in [6, 6.07) is 14.2. The van der Waals surface area contributed by atoms with Crippen molar-refractivity contribution in [2.24, 2.45) is 0 Å². The minimum absolute atomic E-state index is 0.00107. The maximum Gasteiger partial charge on any atom is 0.278 e. The lowest BCUT2D eigenvalue weighted by atomic mass is 10.0. The van der Waals surface area contributed by atoms with Crippen LogP contribution in [0, 0.1) is 0 Å². The molecule has 0 saturated heterocycles. The van der Waals surface area contributed by atoms with Gasteiger partial charge >= 0.3 is 0 Å². The highest BCUT2D eigenvalue weighted by Crippen LogP contribution is 2.20. The van der Waals surface area contributed by atoms with E-state index in [1.807, 2.05) is 37.3 Å². The van der Waals surface area contributed by atoms with Crippen LogP contribution >= 0.6 is 0 Å². The average molecular weight is 285 g/mol. The number of amides is 1. The van der Waals surface area contributed by atoms with E-state index < -0.39 is 0 Å². The van der Waals surface area contributed by atoms with E-state index in [-0.39, 0.29) is 18.0 Å². The van der Waals surface area contributed by atoms with Gasteiger partial charge in [-0.05, 0) is 31.9 Å². The molecule has 110 valence electrons. The van der Waals surface area contributed by atoms with Crippen molar-refractivity contribution in [3.8, 4) is 0 Å². The van der Waals surface area contributed by atoms with E-state index in [2.05, 4.69) is 22.8 Å². The SMILES string of the molecule is C[C@@H]([NH2+][C@H](c1ccccc1)c1ccco1)C(=O)NC1CC1. The molecule has 0 radical (unpaired) electrons. The van der Waals surface area contributed by atoms with Crippen LogP contribution in [0.5, 0.6) is 0 Å². The van der Waals surface area contributed by atoms with Crippen molar-refractivity contribution in [1.82, 2.24) is 5.32 Å². The first-order valence-corrected chi connectivity index (χ1v) is 7.48. The zero-order valence-electron chi connectivity index (χ0n) is 12.2. The number of benzene rings is 1. The van der Waals surface area contributed by atoms with Gasteiger partial charge in [0.15, 0.2) is 17.8 Å². The average Bonchev–Trinajstić information content (AvgIpc) is 3.16. The Kier molecular flexibility index (Phi) is 4.06. The van der Waals surface area contributed by atoms with Crippen molar-refractivity contribution >= 4 is 5.91 Å². The molecule has 1 aliphatic rings. The van der Waals surface area contributed by atoms with Crippen molar-refractivity contribution in [2.45, 2.75) is 37.9 Å². The third-order valence-electron chi connectivity index (χ3n) is 3.83. The van der Waals surface area contributed by atoms with E-state index in [0.717, 1.165) is 24.2 Å². The van der Waals surface area contributed by atoms with Crippen LogP contribution in [0.25, 0.3) is 0 Å². The van der Waals surface area contributed by atoms with E-state index in [1.165, 1.54) is 0 Å². The molecule has 0 bridgehead atoms. The number of furan rings is 1. The Hall–Kier alpha value is -2.07. The monoisotopic (exact) mass is 285 g/mol. The van der Waals surface area contributed by atoms with Gasteiger partial charge in [0, 0.05) is 11.6 Å². The minimum atomic E-state index is -0.152. The van der Waals surface area contributed by atoms with Crippen molar-refractivity contribution in [3.63, 3.8) is 0 Å². The maximum atomic E-state index is 12.2. The van der Waals surface area contributed by atoms with E-state index in [1.54, 1.807) is 6.26 Å². The van der Waals surface area contributed by atoms with Crippen LogP contribution in [0.3, 0.4) is 0 Å². The molecule has 1 fully saturated rings. The number of rotatable bonds is 6. The number of nitrogens with two attached hydrogens (primary N) is 1. The Morgan fingerprint density at radius 1 is 1.24 bits per heavy atom. The predicted molar refractivity (Wildman–Crippen MR) is 79.5 cm³/mol. The summed E-state index contributed by atoms with van der Waals surface area (Å²) in [5.74, 6) is 0.970. The van der Waals surface area contributed by atoms with E-state index in [0.29, 0.717) is 6.04 Å². The molecule has 0 spiro atoms. The van der Waals surface area contributed by atoms with Crippen LogP contribution in [0.2, 0.25) is 0 Å². The van der Waals surface area contributed by atoms with Crippen molar-refractivity contribution < 1.29 is 14.5 Å². The lowest BCUT2D eigenvalue weighted by molar-refractivity contribution is -0.706. The fourth-order valence-corrected chi connectivity index (χ4v) is 2.44. The number of carbonyl (C=O) groups is 1. The van der Waals surface area contributed by atoms with Crippen LogP contribution in [0.15, 0.2) is 53.1 Å². The second-order valence-corrected chi connectivity index (χ2v) is 5.67. The molecular formula is C17H21N2O2+. The number of hydrogen-bond acceptors (Lipinski definition) is 2. The molecule has 1 heterocycles. The Labute approximate surface area is 124 Å². The highest BCUT2D eigenvalue weighted by Gasteiger charge is 2.30. The van der Waals surface area contributed by atoms with Gasteiger partial charge in [0.1, 0.15) is 0 Å². The molecule has 0 unspecified atom stereocenters. The summed E-state index contributed by atoms with van der Waals surface area (Å²) in [6.45, 7) is 1.94. The Morgan fingerprint density at radius 3 is 2.62 bits per heavy atom. The number of hydrogen-bond donors (Lipinski definition) is 2. The second kappa shape index (κ2) is 6.14. The number of carbonyl (C=O) groups excluding carboxylic acids is 1. The summed E-state index contributed by atoms with van der Waals surface area (Å²) in [7, 11) is 0. The van der Waals surface area contributed by atoms with Gasteiger partial charge < -0.3 is 15.1 Å². The van der Waals surface area contributed by atoms with E-state index in [9.17, 15) is 4.79 Å². The number of nitrogens with one attached hydrogen (secondary N) is 1. The molecular weight excluding hydrogens is 264 g/mol. The summed E-state index contributed by atoms with van der Waals surface area (Å²) < 4.78 is 5.56. The van der Waals surface area contributed by atoms with Gasteiger partial charge in [-0.25, -0.2) is 0 Å². The molecule has 1 aliphatic carbocycles. The van der Waals surface area contributed by atoms with Gasteiger partial charge in [-0.1, -0.05) is 30.3 Å². The molecule has 3 rings (SSSR count). The summed E-state index contributed by atoms with van der Waals surface area (Å²) in [4.78, 5) is 12.2. The molecule has 4 nitrogen and oxygen atoms in total. The molecule has 1 saturated carbocycles. The van der Waals surface area contributed by atoms with Crippen LogP contribution in [0.1, 0.15) is 37.1 Å². The predicted octanol–water partition coefficient (Wildman–Crippen LogP) is 1.60. The molecule has 1 amide bonds. The molecule has 1 aromatic heterocycles. The Morgan fingerprint density at radius 2 is 2.00 bits per heavy atom. The summed E-state index contributed by atoms with van der Waals surface area (Å²) in [5, 5.41) is 5.12. The molecule has 21 heavy (non-hydrogen) atoms. The fraction of sp³-hybridized carbons (Fsp3) is 0.353. The van der Waals surface area contributed by atoms with Crippen LogP contribution < -0.4 is 10.6 Å². The molecule has 4 heteroatoms. The van der Waals surface area contributed by atoms with Gasteiger partial charge in [-0.2, -0.15) is 0 Å². The molecule has 0 aliphatic heterocycles. The summed E-state index contributed by atoms with van der Waals surface area (Å²) in [6.07, 6.45) is 3.89. The maximum absolute atomic E-state index is 12.2. The van der Waals surface area contributed by atoms with Crippen molar-refractivity contribution in [3.05, 3.63) is 60.1 Å². The normalized spacial score (nSPS) is 17.2. The largest absolute Gasteiger partial charge is 0.463 e. The first kappa shape index (κ1) is 13.9. The summed E-state index contributed by atoms with van der Waals surface area (Å²) in [5.41, 5.74) is 1.14. The van der Waals surface area contributed by atoms with Gasteiger partial charge in [-0.3, -0.25) is 4.79 Å². The summed E-state index contributed by atoms with van der Waals surface area (Å²) >= 11 is 0. The van der Waals surface area contributed by atoms with E-state index in [4.69, 9.17) is 4.42 Å². The Balaban J connectivity index is 1.74. The number of quaternary nitrogens is 1. The zero-order chi connectivity index (χ0) is 14.7. The lowest BCUT2D eigenvalue weighted by Crippen LogP contribution is -2.92. The fourth-order valence-electron chi connectivity index (χ4n) is 2.44. The molecule has 1 aromatic carbocycles. The van der Waals surface area contributed by atoms with Crippen molar-refractivity contribution in [1.29, 1.82) is 0 Å². The van der Waals surface area contributed by atoms with Crippen LogP contribution in [-0.4, -0.2) is 18.0 Å². The highest BCUT2D eigenvalue weighted by molar-refractivity contribution is 5.80. The highest BCUT2D eigenvalue weighted by atomic mass is 16.3. The molecule has 2 atom stereocenters. The standard InChI is InChI=1S/C17H20N2O2/c1-12(17(20)19-14-9-10-14)18-16(15-8-5-11-21-15)13-6-3-2-4-7-13/h2-8,11-12,14,16,18H,9-10H2,1H3,(H,19,20)/p+1/t12-,16-/m1/s1. The first-order chi connectivity index (χ1) is 10.2. The van der Waals surface area contributed by atoms with E-state index >= 15 is 0 Å². The first-order valence-electron chi connectivity index (χ1n) is 7.48. The van der Waals surface area contributed by atoms with Gasteiger partial charge in [0.05, 0.1) is 6.26 Å². The quantitative estimate of drug-likeness (QED) is 0.847. The molecule has 2 aromatic rings. The second-order valence-electron chi connectivity index (χ2n) is 5.67. The lowest BCUT2D eigenvalue weighted by Gasteiger charge is -2.18. The minimum Gasteiger partial charge on any atom is -0.463 e. The smallest absolute Gasteiger partial charge is 0.278 e. The zero-order valence-corrected chi connectivity index (χ0v) is 12.2.